The van der Waals surface area contributed by atoms with Crippen molar-refractivity contribution in [2.45, 2.75) is 21.9 Å². The Morgan fingerprint density at radius 2 is 1.63 bits per heavy atom. The number of nitrogens with zero attached hydrogens (tertiary/aromatic N) is 3. The number of carbonyl (C=O) groups is 1. The Balaban J connectivity index is 1.28. The standard InChI is InChI=1S/C29H24FN5OS2/c1-19-12-14-31-24(16-19)35-29-34-18-25(38-29)37-23-13-15-32-27(26(23)30)28(36)33-17-22(20-8-4-2-5-9-20)21-10-6-3-7-11-21/h2-16,18,22H,17H2,1H3,(H,33,36)(H,31,34,35). The number of aromatic nitrogens is 3. The van der Waals surface area contributed by atoms with Crippen LogP contribution in [-0.2, 0) is 0 Å². The van der Waals surface area contributed by atoms with Gasteiger partial charge in [-0.2, -0.15) is 0 Å². The van der Waals surface area contributed by atoms with E-state index in [-0.39, 0.29) is 11.6 Å². The van der Waals surface area contributed by atoms with E-state index >= 15 is 4.39 Å². The molecule has 5 aromatic rings. The van der Waals surface area contributed by atoms with Gasteiger partial charge in [-0.05, 0) is 41.8 Å². The lowest BCUT2D eigenvalue weighted by Crippen LogP contribution is -2.30. The van der Waals surface area contributed by atoms with Crippen LogP contribution in [-0.4, -0.2) is 27.4 Å². The van der Waals surface area contributed by atoms with Gasteiger partial charge in [-0.15, -0.1) is 0 Å². The van der Waals surface area contributed by atoms with Crippen LogP contribution < -0.4 is 10.6 Å². The van der Waals surface area contributed by atoms with Gasteiger partial charge >= 0.3 is 0 Å². The molecule has 0 saturated heterocycles. The second kappa shape index (κ2) is 12.0. The van der Waals surface area contributed by atoms with E-state index < -0.39 is 11.7 Å². The van der Waals surface area contributed by atoms with Gasteiger partial charge in [-0.25, -0.2) is 19.3 Å². The first-order valence-electron chi connectivity index (χ1n) is 11.9. The molecule has 0 aliphatic rings. The Morgan fingerprint density at radius 3 is 2.32 bits per heavy atom. The van der Waals surface area contributed by atoms with Gasteiger partial charge in [0.25, 0.3) is 5.91 Å². The van der Waals surface area contributed by atoms with E-state index in [9.17, 15) is 4.79 Å². The summed E-state index contributed by atoms with van der Waals surface area (Å²) >= 11 is 2.57. The Morgan fingerprint density at radius 1 is 0.947 bits per heavy atom. The number of amides is 1. The molecule has 0 atom stereocenters. The van der Waals surface area contributed by atoms with Crippen molar-refractivity contribution < 1.29 is 9.18 Å². The van der Waals surface area contributed by atoms with E-state index in [4.69, 9.17) is 0 Å². The Hall–Kier alpha value is -4.08. The summed E-state index contributed by atoms with van der Waals surface area (Å²) in [7, 11) is 0. The monoisotopic (exact) mass is 541 g/mol. The first kappa shape index (κ1) is 25.6. The minimum absolute atomic E-state index is 0.0759. The molecule has 0 bridgehead atoms. The molecule has 0 aliphatic carbocycles. The van der Waals surface area contributed by atoms with E-state index in [1.807, 2.05) is 79.7 Å². The van der Waals surface area contributed by atoms with E-state index in [1.165, 1.54) is 29.3 Å². The summed E-state index contributed by atoms with van der Waals surface area (Å²) in [5.74, 6) is -0.601. The maximum atomic E-state index is 15.4. The van der Waals surface area contributed by atoms with Crippen LogP contribution in [0.4, 0.5) is 15.3 Å². The molecular formula is C29H24FN5OS2. The van der Waals surface area contributed by atoms with Gasteiger partial charge in [0.05, 0.1) is 15.3 Å². The van der Waals surface area contributed by atoms with Crippen LogP contribution >= 0.6 is 23.1 Å². The Bertz CT molecular complexity index is 1490. The number of rotatable bonds is 9. The highest BCUT2D eigenvalue weighted by Gasteiger charge is 2.21. The predicted octanol–water partition coefficient (Wildman–Crippen LogP) is 6.84. The summed E-state index contributed by atoms with van der Waals surface area (Å²) in [5.41, 5.74) is 2.97. The number of carbonyl (C=O) groups excluding carboxylic acids is 1. The fraction of sp³-hybridized carbons (Fsp3) is 0.103. The summed E-state index contributed by atoms with van der Waals surface area (Å²) in [4.78, 5) is 26.0. The van der Waals surface area contributed by atoms with Crippen molar-refractivity contribution in [3.05, 3.63) is 126 Å². The number of thiazole rings is 1. The normalized spacial score (nSPS) is 10.9. The fourth-order valence-corrected chi connectivity index (χ4v) is 5.79. The first-order valence-corrected chi connectivity index (χ1v) is 13.6. The zero-order chi connectivity index (χ0) is 26.3. The zero-order valence-corrected chi connectivity index (χ0v) is 22.1. The van der Waals surface area contributed by atoms with Crippen molar-refractivity contribution in [3.8, 4) is 0 Å². The summed E-state index contributed by atoms with van der Waals surface area (Å²) in [6.45, 7) is 2.29. The van der Waals surface area contributed by atoms with Crippen LogP contribution in [0.15, 0.2) is 107 Å². The van der Waals surface area contributed by atoms with Crippen LogP contribution in [0.5, 0.6) is 0 Å². The molecule has 3 heterocycles. The lowest BCUT2D eigenvalue weighted by molar-refractivity contribution is 0.0942. The lowest BCUT2D eigenvalue weighted by atomic mass is 9.91. The van der Waals surface area contributed by atoms with Crippen molar-refractivity contribution in [3.63, 3.8) is 0 Å². The number of anilines is 2. The molecular weight excluding hydrogens is 517 g/mol. The van der Waals surface area contributed by atoms with Gasteiger partial charge in [0.1, 0.15) is 5.82 Å². The largest absolute Gasteiger partial charge is 0.350 e. The van der Waals surface area contributed by atoms with E-state index in [0.717, 1.165) is 20.9 Å². The predicted molar refractivity (Wildman–Crippen MR) is 150 cm³/mol. The highest BCUT2D eigenvalue weighted by molar-refractivity contribution is 8.01. The van der Waals surface area contributed by atoms with Gasteiger partial charge in [0.2, 0.25) is 0 Å². The number of nitrogens with one attached hydrogen (secondary N) is 2. The maximum absolute atomic E-state index is 15.4. The molecule has 190 valence electrons. The Labute approximate surface area is 228 Å². The molecule has 0 saturated carbocycles. The average molecular weight is 542 g/mol. The zero-order valence-electron chi connectivity index (χ0n) is 20.5. The third-order valence-corrected chi connectivity index (χ3v) is 7.83. The number of aryl methyl sites for hydroxylation is 1. The summed E-state index contributed by atoms with van der Waals surface area (Å²) in [6.07, 6.45) is 4.84. The molecule has 0 radical (unpaired) electrons. The number of hydrogen-bond acceptors (Lipinski definition) is 7. The molecule has 6 nitrogen and oxygen atoms in total. The lowest BCUT2D eigenvalue weighted by Gasteiger charge is -2.19. The molecule has 0 unspecified atom stereocenters. The molecule has 2 N–H and O–H groups in total. The second-order valence-electron chi connectivity index (χ2n) is 8.49. The van der Waals surface area contributed by atoms with Crippen LogP contribution in [0.2, 0.25) is 0 Å². The minimum atomic E-state index is -0.658. The highest BCUT2D eigenvalue weighted by Crippen LogP contribution is 2.36. The SMILES string of the molecule is Cc1ccnc(Nc2ncc(Sc3ccnc(C(=O)NCC(c4ccccc4)c4ccccc4)c3F)s2)c1. The van der Waals surface area contributed by atoms with Gasteiger partial charge in [0, 0.05) is 24.9 Å². The van der Waals surface area contributed by atoms with Gasteiger partial charge in [-0.3, -0.25) is 4.79 Å². The molecule has 38 heavy (non-hydrogen) atoms. The second-order valence-corrected chi connectivity index (χ2v) is 10.9. The highest BCUT2D eigenvalue weighted by atomic mass is 32.2. The topological polar surface area (TPSA) is 79.8 Å². The first-order chi connectivity index (χ1) is 18.6. The maximum Gasteiger partial charge on any atom is 0.273 e. The van der Waals surface area contributed by atoms with E-state index in [0.29, 0.717) is 22.4 Å². The quantitative estimate of drug-likeness (QED) is 0.213. The summed E-state index contributed by atoms with van der Waals surface area (Å²) in [6, 6.07) is 25.2. The van der Waals surface area contributed by atoms with Crippen molar-refractivity contribution in [1.29, 1.82) is 0 Å². The molecule has 2 aromatic carbocycles. The summed E-state index contributed by atoms with van der Waals surface area (Å²) < 4.78 is 16.2. The Kier molecular flexibility index (Phi) is 8.06. The molecule has 0 aliphatic heterocycles. The number of hydrogen-bond donors (Lipinski definition) is 2. The van der Waals surface area contributed by atoms with Crippen LogP contribution in [0, 0.1) is 12.7 Å². The number of pyridine rings is 2. The van der Waals surface area contributed by atoms with Crippen LogP contribution in [0.1, 0.15) is 33.1 Å². The number of halogens is 1. The van der Waals surface area contributed by atoms with E-state index in [1.54, 1.807) is 18.5 Å². The van der Waals surface area contributed by atoms with Crippen molar-refractivity contribution in [1.82, 2.24) is 20.3 Å². The van der Waals surface area contributed by atoms with Crippen LogP contribution in [0.25, 0.3) is 0 Å². The molecule has 1 amide bonds. The van der Waals surface area contributed by atoms with Gasteiger partial charge in [0.15, 0.2) is 16.6 Å². The molecule has 5 rings (SSSR count). The van der Waals surface area contributed by atoms with E-state index in [2.05, 4.69) is 25.6 Å². The molecule has 9 heteroatoms. The summed E-state index contributed by atoms with van der Waals surface area (Å²) in [5, 5.41) is 6.69. The minimum Gasteiger partial charge on any atom is -0.350 e. The smallest absolute Gasteiger partial charge is 0.273 e. The molecule has 0 fully saturated rings. The van der Waals surface area contributed by atoms with Crippen LogP contribution in [0.3, 0.4) is 0 Å². The third kappa shape index (κ3) is 6.24. The fourth-order valence-electron chi connectivity index (χ4n) is 3.93. The molecule has 0 spiro atoms. The third-order valence-electron chi connectivity index (χ3n) is 5.78. The van der Waals surface area contributed by atoms with Gasteiger partial charge < -0.3 is 10.6 Å². The van der Waals surface area contributed by atoms with Crippen molar-refractivity contribution >= 4 is 40.0 Å². The van der Waals surface area contributed by atoms with Crippen molar-refractivity contribution in [2.24, 2.45) is 0 Å². The molecule has 3 aromatic heterocycles. The van der Waals surface area contributed by atoms with Gasteiger partial charge in [-0.1, -0.05) is 83.8 Å². The average Bonchev–Trinajstić information content (AvgIpc) is 3.37. The van der Waals surface area contributed by atoms with Crippen molar-refractivity contribution in [2.75, 3.05) is 11.9 Å². The number of benzene rings is 2.